The summed E-state index contributed by atoms with van der Waals surface area (Å²) in [7, 11) is 0. The molecule has 170 valence electrons. The van der Waals surface area contributed by atoms with E-state index >= 15 is 0 Å². The molecule has 0 aliphatic carbocycles. The summed E-state index contributed by atoms with van der Waals surface area (Å²) >= 11 is 1.68. The molecule has 2 aliphatic rings. The Morgan fingerprint density at radius 2 is 2.16 bits per heavy atom. The molecule has 4 rings (SSSR count). The summed E-state index contributed by atoms with van der Waals surface area (Å²) in [4.78, 5) is 28.4. The molecule has 0 spiro atoms. The number of aryl methyl sites for hydroxylation is 1. The lowest BCUT2D eigenvalue weighted by Crippen LogP contribution is -2.37. The number of carboxylic acid groups (broad SMARTS) is 1. The minimum Gasteiger partial charge on any atom is -0.475 e. The van der Waals surface area contributed by atoms with Gasteiger partial charge < -0.3 is 19.6 Å². The molecular formula is C19H22F3N3O5S. The highest BCUT2D eigenvalue weighted by Gasteiger charge is 2.48. The van der Waals surface area contributed by atoms with Gasteiger partial charge in [0.15, 0.2) is 0 Å². The highest BCUT2D eigenvalue weighted by molar-refractivity contribution is 7.09. The third-order valence-corrected chi connectivity index (χ3v) is 5.95. The van der Waals surface area contributed by atoms with Crippen molar-refractivity contribution < 1.29 is 37.0 Å². The Kier molecular flexibility index (Phi) is 7.34. The fraction of sp³-hybridized carbons (Fsp3) is 0.526. The maximum atomic E-state index is 12.6. The number of nitrogens with one attached hydrogen (secondary N) is 1. The number of amides is 1. The molecule has 0 saturated carbocycles. The van der Waals surface area contributed by atoms with Crippen LogP contribution in [0.5, 0.6) is 0 Å². The van der Waals surface area contributed by atoms with Crippen LogP contribution in [0.1, 0.15) is 22.9 Å². The van der Waals surface area contributed by atoms with Crippen molar-refractivity contribution in [2.75, 3.05) is 13.2 Å². The van der Waals surface area contributed by atoms with Crippen LogP contribution >= 0.6 is 11.3 Å². The van der Waals surface area contributed by atoms with E-state index in [-0.39, 0.29) is 17.9 Å². The van der Waals surface area contributed by atoms with Crippen molar-refractivity contribution in [3.05, 3.63) is 40.2 Å². The molecule has 0 aromatic carbocycles. The zero-order valence-corrected chi connectivity index (χ0v) is 17.4. The molecule has 2 aliphatic heterocycles. The second-order valence-electron chi connectivity index (χ2n) is 7.21. The highest BCUT2D eigenvalue weighted by atomic mass is 32.1. The minimum atomic E-state index is -5.08. The number of carbonyl (C=O) groups is 2. The van der Waals surface area contributed by atoms with Crippen LogP contribution in [0, 0.1) is 12.8 Å². The lowest BCUT2D eigenvalue weighted by atomic mass is 10.0. The van der Waals surface area contributed by atoms with Gasteiger partial charge in [-0.1, -0.05) is 0 Å². The first-order valence-electron chi connectivity index (χ1n) is 9.52. The van der Waals surface area contributed by atoms with Crippen LogP contribution in [0.25, 0.3) is 0 Å². The number of fused-ring (bicyclic) bond motifs is 1. The van der Waals surface area contributed by atoms with E-state index < -0.39 is 12.1 Å². The zero-order chi connectivity index (χ0) is 22.6. The standard InChI is InChI=1S/C17H21N3O3S.C2HF3O2/c1-11-10-24-15(19-11)9-20-8-13(16-14(20)4-6-23-16)17(21)18-7-12-3-2-5-22-12;3-2(4,5)1(6)7/h2-3,5,10,13-14,16H,4,6-9H2,1H3,(H,18,21);(H,6,7)/t13-,14+,16+;/m0./s1. The van der Waals surface area contributed by atoms with E-state index in [1.54, 1.807) is 17.6 Å². The summed E-state index contributed by atoms with van der Waals surface area (Å²) in [5.41, 5.74) is 1.06. The summed E-state index contributed by atoms with van der Waals surface area (Å²) in [5.74, 6) is -2.08. The Labute approximate surface area is 180 Å². The van der Waals surface area contributed by atoms with Crippen molar-refractivity contribution in [2.24, 2.45) is 5.92 Å². The predicted octanol–water partition coefficient (Wildman–Crippen LogP) is 2.58. The van der Waals surface area contributed by atoms with Gasteiger partial charge in [-0.25, -0.2) is 9.78 Å². The molecule has 8 nitrogen and oxygen atoms in total. The molecule has 3 atom stereocenters. The third-order valence-electron chi connectivity index (χ3n) is 5.00. The first-order valence-corrected chi connectivity index (χ1v) is 10.4. The number of likely N-dealkylation sites (tertiary alicyclic amines) is 1. The van der Waals surface area contributed by atoms with Crippen LogP contribution in [-0.4, -0.2) is 58.3 Å². The van der Waals surface area contributed by atoms with Crippen molar-refractivity contribution in [2.45, 2.75) is 44.8 Å². The zero-order valence-electron chi connectivity index (χ0n) is 16.6. The highest BCUT2D eigenvalue weighted by Crippen LogP contribution is 2.35. The lowest BCUT2D eigenvalue weighted by molar-refractivity contribution is -0.192. The summed E-state index contributed by atoms with van der Waals surface area (Å²) in [5, 5.41) is 13.3. The number of hydrogen-bond acceptors (Lipinski definition) is 7. The molecule has 12 heteroatoms. The molecule has 0 bridgehead atoms. The summed E-state index contributed by atoms with van der Waals surface area (Å²) in [6, 6.07) is 4.00. The third kappa shape index (κ3) is 6.05. The van der Waals surface area contributed by atoms with E-state index in [9.17, 15) is 18.0 Å². The van der Waals surface area contributed by atoms with E-state index in [1.807, 2.05) is 19.1 Å². The fourth-order valence-electron chi connectivity index (χ4n) is 3.65. The van der Waals surface area contributed by atoms with Crippen molar-refractivity contribution >= 4 is 23.2 Å². The summed E-state index contributed by atoms with van der Waals surface area (Å²) in [6.45, 7) is 4.68. The number of nitrogens with zero attached hydrogens (tertiary/aromatic N) is 2. The van der Waals surface area contributed by atoms with E-state index in [2.05, 4.69) is 20.6 Å². The molecule has 0 radical (unpaired) electrons. The van der Waals surface area contributed by atoms with E-state index in [0.717, 1.165) is 42.6 Å². The quantitative estimate of drug-likeness (QED) is 0.705. The van der Waals surface area contributed by atoms with Gasteiger partial charge in [0.05, 0.1) is 31.4 Å². The Hall–Kier alpha value is -2.44. The van der Waals surface area contributed by atoms with Gasteiger partial charge in [-0.15, -0.1) is 11.3 Å². The lowest BCUT2D eigenvalue weighted by Gasteiger charge is -2.20. The number of carboxylic acids is 1. The Morgan fingerprint density at radius 3 is 2.74 bits per heavy atom. The number of hydrogen-bond donors (Lipinski definition) is 2. The van der Waals surface area contributed by atoms with Gasteiger partial charge in [0, 0.05) is 30.3 Å². The molecule has 1 amide bonds. The van der Waals surface area contributed by atoms with Crippen molar-refractivity contribution in [3.63, 3.8) is 0 Å². The monoisotopic (exact) mass is 461 g/mol. The number of aliphatic carboxylic acids is 1. The van der Waals surface area contributed by atoms with Crippen LogP contribution in [-0.2, 0) is 27.4 Å². The van der Waals surface area contributed by atoms with Crippen LogP contribution in [0.2, 0.25) is 0 Å². The first kappa shape index (κ1) is 23.2. The molecule has 4 heterocycles. The van der Waals surface area contributed by atoms with Crippen LogP contribution < -0.4 is 5.32 Å². The molecule has 2 saturated heterocycles. The molecular weight excluding hydrogens is 439 g/mol. The van der Waals surface area contributed by atoms with Crippen LogP contribution in [0.4, 0.5) is 13.2 Å². The summed E-state index contributed by atoms with van der Waals surface area (Å²) < 4.78 is 42.9. The molecule has 31 heavy (non-hydrogen) atoms. The van der Waals surface area contributed by atoms with Gasteiger partial charge in [-0.05, 0) is 25.5 Å². The Balaban J connectivity index is 0.000000339. The van der Waals surface area contributed by atoms with Gasteiger partial charge in [0.1, 0.15) is 10.8 Å². The number of rotatable bonds is 5. The van der Waals surface area contributed by atoms with Crippen molar-refractivity contribution in [1.82, 2.24) is 15.2 Å². The van der Waals surface area contributed by atoms with Crippen LogP contribution in [0.3, 0.4) is 0 Å². The van der Waals surface area contributed by atoms with E-state index in [4.69, 9.17) is 19.1 Å². The van der Waals surface area contributed by atoms with E-state index in [1.165, 1.54) is 0 Å². The Morgan fingerprint density at radius 1 is 1.42 bits per heavy atom. The molecule has 2 aromatic rings. The average molecular weight is 461 g/mol. The molecule has 2 aromatic heterocycles. The number of halogens is 3. The maximum Gasteiger partial charge on any atom is 0.490 e. The average Bonchev–Trinajstić information content (AvgIpc) is 3.47. The topological polar surface area (TPSA) is 105 Å². The van der Waals surface area contributed by atoms with Crippen molar-refractivity contribution in [1.29, 1.82) is 0 Å². The van der Waals surface area contributed by atoms with Crippen molar-refractivity contribution in [3.8, 4) is 0 Å². The predicted molar refractivity (Wildman–Crippen MR) is 103 cm³/mol. The van der Waals surface area contributed by atoms with Gasteiger partial charge in [-0.2, -0.15) is 13.2 Å². The maximum absolute atomic E-state index is 12.6. The number of ether oxygens (including phenoxy) is 1. The summed E-state index contributed by atoms with van der Waals surface area (Å²) in [6.07, 6.45) is -2.50. The second-order valence-corrected chi connectivity index (χ2v) is 8.15. The smallest absolute Gasteiger partial charge is 0.475 e. The normalized spacial score (nSPS) is 23.2. The minimum absolute atomic E-state index is 0.0114. The molecule has 0 unspecified atom stereocenters. The number of furan rings is 1. The molecule has 2 fully saturated rings. The number of carbonyl (C=O) groups excluding carboxylic acids is 1. The number of thiazole rings is 1. The number of aromatic nitrogens is 1. The van der Waals surface area contributed by atoms with Gasteiger partial charge in [0.25, 0.3) is 0 Å². The molecule has 2 N–H and O–H groups in total. The van der Waals surface area contributed by atoms with Crippen LogP contribution in [0.15, 0.2) is 28.2 Å². The Bertz CT molecular complexity index is 887. The second kappa shape index (κ2) is 9.79. The largest absolute Gasteiger partial charge is 0.490 e. The van der Waals surface area contributed by atoms with E-state index in [0.29, 0.717) is 12.6 Å². The fourth-order valence-corrected chi connectivity index (χ4v) is 4.44. The van der Waals surface area contributed by atoms with Gasteiger partial charge >= 0.3 is 12.1 Å². The SMILES string of the molecule is Cc1csc(CN2C[C@H](C(=O)NCc3ccco3)[C@H]3OCC[C@H]32)n1.O=C(O)C(F)(F)F. The number of alkyl halides is 3. The van der Waals surface area contributed by atoms with Gasteiger partial charge in [-0.3, -0.25) is 9.69 Å². The van der Waals surface area contributed by atoms with Gasteiger partial charge in [0.2, 0.25) is 5.91 Å². The first-order chi connectivity index (χ1) is 14.6.